The molecule has 0 spiro atoms. The van der Waals surface area contributed by atoms with Crippen LogP contribution in [0.1, 0.15) is 38.9 Å². The average molecular weight is 866 g/mol. The van der Waals surface area contributed by atoms with Crippen LogP contribution in [0.3, 0.4) is 0 Å². The molecule has 0 amide bonds. The summed E-state index contributed by atoms with van der Waals surface area (Å²) in [5.41, 5.74) is -3.03. The van der Waals surface area contributed by atoms with Gasteiger partial charge in [-0.15, -0.1) is 0 Å². The van der Waals surface area contributed by atoms with Crippen molar-refractivity contribution in [3.8, 4) is 22.3 Å². The minimum Gasteiger partial charge on any atom is -0.0622 e. The molecule has 0 aromatic heterocycles. The van der Waals surface area contributed by atoms with Gasteiger partial charge >= 0.3 is 273 Å². The zero-order valence-corrected chi connectivity index (χ0v) is 35.4. The van der Waals surface area contributed by atoms with Crippen LogP contribution in [-0.4, -0.2) is 51.5 Å². The fraction of sp³-hybridized carbons (Fsp3) is 0.333. The van der Waals surface area contributed by atoms with E-state index in [0.29, 0.717) is 44.5 Å². The van der Waals surface area contributed by atoms with E-state index in [1.54, 1.807) is 45.9 Å². The molecule has 7 nitrogen and oxygen atoms in total. The van der Waals surface area contributed by atoms with Crippen LogP contribution >= 0.6 is 0 Å². The van der Waals surface area contributed by atoms with Gasteiger partial charge in [0.05, 0.1) is 0 Å². The summed E-state index contributed by atoms with van der Waals surface area (Å²) in [6.07, 6.45) is 0. The summed E-state index contributed by atoms with van der Waals surface area (Å²) >= 11 is -4.19. The Kier molecular flexibility index (Phi) is 13.6. The Morgan fingerprint density at radius 3 is 1.28 bits per heavy atom. The number of alkyl halides is 6. The minimum atomic E-state index is -6.30. The third-order valence-electron chi connectivity index (χ3n) is 7.96. The number of aryl methyl sites for hydroxylation is 7. The van der Waals surface area contributed by atoms with E-state index in [2.05, 4.69) is 19.1 Å². The predicted octanol–water partition coefficient (Wildman–Crippen LogP) is 10.2. The normalized spacial score (nSPS) is 13.3. The van der Waals surface area contributed by atoms with E-state index in [0.717, 1.165) is 33.4 Å². The second-order valence-electron chi connectivity index (χ2n) is 13.1. The van der Waals surface area contributed by atoms with Gasteiger partial charge in [-0.3, -0.25) is 0 Å². The molecular formula is C36H42AsF6NO6S2Si. The molecule has 0 heterocycles. The molecule has 53 heavy (non-hydrogen) atoms. The molecule has 17 heteroatoms. The van der Waals surface area contributed by atoms with Crippen LogP contribution in [0.15, 0.2) is 72.8 Å². The van der Waals surface area contributed by atoms with Crippen LogP contribution in [0.4, 0.5) is 32.0 Å². The molecule has 4 aromatic carbocycles. The Bertz CT molecular complexity index is 2060. The first-order valence-electron chi connectivity index (χ1n) is 16.0. The molecule has 0 aliphatic heterocycles. The van der Waals surface area contributed by atoms with E-state index >= 15 is 0 Å². The molecule has 0 saturated carbocycles. The maximum absolute atomic E-state index is 13.7. The molecule has 0 saturated heterocycles. The van der Waals surface area contributed by atoms with E-state index in [-0.39, 0.29) is 5.69 Å². The molecule has 0 bridgehead atoms. The van der Waals surface area contributed by atoms with Crippen molar-refractivity contribution in [2.75, 3.05) is 3.48 Å². The van der Waals surface area contributed by atoms with Crippen molar-refractivity contribution in [1.29, 1.82) is 0 Å². The van der Waals surface area contributed by atoms with Gasteiger partial charge in [-0.1, -0.05) is 35.9 Å². The Hall–Kier alpha value is -3.14. The van der Waals surface area contributed by atoms with E-state index in [1.165, 1.54) is 5.56 Å². The summed E-state index contributed by atoms with van der Waals surface area (Å²) in [4.78, 5) is 0. The second-order valence-corrected chi connectivity index (χ2v) is 24.5. The summed E-state index contributed by atoms with van der Waals surface area (Å²) in [5, 5.41) is 0. The monoisotopic (exact) mass is 865 g/mol. The largest absolute Gasteiger partial charge is 0.0622 e. The molecule has 0 aliphatic carbocycles. The van der Waals surface area contributed by atoms with Crippen LogP contribution in [-0.2, 0) is 27.3 Å². The Labute approximate surface area is 314 Å². The van der Waals surface area contributed by atoms with Gasteiger partial charge in [-0.2, -0.15) is 0 Å². The number of nitrogens with zero attached hydrogens (tertiary/aromatic N) is 1. The maximum atomic E-state index is 13.7. The first-order chi connectivity index (χ1) is 24.1. The number of rotatable bonds is 9. The van der Waals surface area contributed by atoms with Crippen LogP contribution in [0.5, 0.6) is 0 Å². The van der Waals surface area contributed by atoms with Crippen LogP contribution in [0, 0.1) is 48.5 Å². The summed E-state index contributed by atoms with van der Waals surface area (Å²) in [6.45, 7) is 15.0. The topological polar surface area (TPSA) is 90.0 Å². The quantitative estimate of drug-likeness (QED) is 0.0940. The van der Waals surface area contributed by atoms with Crippen molar-refractivity contribution in [2.45, 2.75) is 78.3 Å². The zero-order valence-electron chi connectivity index (χ0n) is 30.9. The minimum absolute atomic E-state index is 0.00141. The molecule has 0 aliphatic rings. The maximum Gasteiger partial charge on any atom is -0.0398 e. The van der Waals surface area contributed by atoms with Gasteiger partial charge in [-0.05, 0) is 6.92 Å². The third-order valence-corrected chi connectivity index (χ3v) is 21.9. The third kappa shape index (κ3) is 10.3. The van der Waals surface area contributed by atoms with Crippen molar-refractivity contribution in [2.24, 2.45) is 0 Å². The second kappa shape index (κ2) is 16.3. The van der Waals surface area contributed by atoms with E-state index in [4.69, 9.17) is 7.04 Å². The Balaban J connectivity index is 0.000000964. The Morgan fingerprint density at radius 2 is 0.962 bits per heavy atom. The van der Waals surface area contributed by atoms with Crippen LogP contribution in [0.2, 0.25) is 18.8 Å². The number of benzene rings is 4. The standard InChI is InChI=1S/C29H34AsF6NO6S2Si.C7H8/c1-17-13-19(3)25(20(4)14-17)23-11-10-12-24(26-21(5)15-18(2)16-22(26)6)27(23)37(30(7)42-44(38,39)28(31,32)33)46(8,9)43-45(40,41)29(34,35)36;1-7-5-3-2-4-6-7/h10-16H,1-9H3;2-6H,1H3. The molecule has 0 fully saturated rings. The fourth-order valence-corrected chi connectivity index (χ4v) is 20.1. The van der Waals surface area contributed by atoms with Crippen LogP contribution < -0.4 is 3.48 Å². The number of halogens is 6. The number of anilines is 1. The van der Waals surface area contributed by atoms with Gasteiger partial charge in [0.1, 0.15) is 0 Å². The van der Waals surface area contributed by atoms with Gasteiger partial charge in [0.2, 0.25) is 0 Å². The van der Waals surface area contributed by atoms with Crippen molar-refractivity contribution in [3.05, 3.63) is 112 Å². The van der Waals surface area contributed by atoms with Crippen LogP contribution in [0.25, 0.3) is 22.3 Å². The van der Waals surface area contributed by atoms with Gasteiger partial charge < -0.3 is 0 Å². The molecule has 0 N–H and O–H groups in total. The molecule has 290 valence electrons. The van der Waals surface area contributed by atoms with Crippen molar-refractivity contribution < 1.29 is 50.2 Å². The fourth-order valence-electron chi connectivity index (χ4n) is 6.24. The van der Waals surface area contributed by atoms with E-state index < -0.39 is 55.0 Å². The van der Waals surface area contributed by atoms with Crippen molar-refractivity contribution in [1.82, 2.24) is 0 Å². The van der Waals surface area contributed by atoms with Gasteiger partial charge in [0.25, 0.3) is 0 Å². The van der Waals surface area contributed by atoms with E-state index in [9.17, 15) is 43.2 Å². The predicted molar refractivity (Wildman–Crippen MR) is 201 cm³/mol. The molecule has 4 aromatic rings. The summed E-state index contributed by atoms with van der Waals surface area (Å²) < 4.78 is 142. The number of para-hydroxylation sites is 1. The summed E-state index contributed by atoms with van der Waals surface area (Å²) in [6, 6.07) is 22.5. The van der Waals surface area contributed by atoms with E-state index in [1.807, 2.05) is 56.3 Å². The molecule has 1 atom stereocenters. The number of hydrogen-bond donors (Lipinski definition) is 0. The van der Waals surface area contributed by atoms with Gasteiger partial charge in [0.15, 0.2) is 0 Å². The molecule has 1 unspecified atom stereocenters. The zero-order chi connectivity index (χ0) is 40.5. The molecule has 0 radical (unpaired) electrons. The smallest absolute Gasteiger partial charge is 0.0398 e. The summed E-state index contributed by atoms with van der Waals surface area (Å²) in [7, 11) is -17.2. The summed E-state index contributed by atoms with van der Waals surface area (Å²) in [5.74, 6) is 0. The van der Waals surface area contributed by atoms with Crippen molar-refractivity contribution >= 4 is 49.6 Å². The van der Waals surface area contributed by atoms with Gasteiger partial charge in [-0.25, -0.2) is 0 Å². The number of hydrogen-bond acceptors (Lipinski definition) is 7. The SMILES string of the molecule is Cc1cc(C)c(-c2cccc(-c3c(C)cc(C)cc3C)c2N([As](C)OS(=O)(=O)C(F)(F)F)[Si](C)(C)OS(=O)(=O)C(F)(F)F)c(C)c1.Cc1ccccc1. The first kappa shape index (κ1) is 44.3. The average Bonchev–Trinajstić information content (AvgIpc) is 2.96. The first-order valence-corrected chi connectivity index (χ1v) is 25.1. The van der Waals surface area contributed by atoms with Crippen molar-refractivity contribution in [3.63, 3.8) is 0 Å². The van der Waals surface area contributed by atoms with Gasteiger partial charge in [0, 0.05) is 0 Å². The molecule has 4 rings (SSSR count). The Morgan fingerprint density at radius 1 is 0.585 bits per heavy atom. The molecular weight excluding hydrogens is 824 g/mol.